The molecule has 0 spiro atoms. The van der Waals surface area contributed by atoms with E-state index in [4.69, 9.17) is 4.74 Å². The Morgan fingerprint density at radius 2 is 1.54 bits per heavy atom. The van der Waals surface area contributed by atoms with Crippen molar-refractivity contribution in [2.24, 2.45) is 0 Å². The number of nitrogens with one attached hydrogen (secondary N) is 2. The molecule has 130 valence electrons. The summed E-state index contributed by atoms with van der Waals surface area (Å²) in [5.74, 6) is -12.1. The van der Waals surface area contributed by atoms with E-state index in [1.165, 1.54) is 13.8 Å². The number of carbonyl (C=O) groups is 2. The van der Waals surface area contributed by atoms with Crippen LogP contribution in [0.3, 0.4) is 0 Å². The average Bonchev–Trinajstić information content (AvgIpc) is 2.51. The Morgan fingerprint density at radius 1 is 1.04 bits per heavy atom. The molecule has 0 saturated carbocycles. The van der Waals surface area contributed by atoms with Crippen molar-refractivity contribution >= 4 is 12.0 Å². The molecule has 5 nitrogen and oxygen atoms in total. The van der Waals surface area contributed by atoms with Crippen LogP contribution in [0.25, 0.3) is 0 Å². The lowest BCUT2D eigenvalue weighted by atomic mass is 9.94. The summed E-state index contributed by atoms with van der Waals surface area (Å²) in [6.45, 7) is 2.58. The minimum Gasteiger partial charge on any atom is -0.463 e. The van der Waals surface area contributed by atoms with Gasteiger partial charge in [-0.3, -0.25) is 0 Å². The third kappa shape index (κ3) is 2.79. The van der Waals surface area contributed by atoms with Gasteiger partial charge in [0.25, 0.3) is 0 Å². The van der Waals surface area contributed by atoms with Crippen molar-refractivity contribution in [2.45, 2.75) is 19.9 Å². The van der Waals surface area contributed by atoms with Gasteiger partial charge >= 0.3 is 12.0 Å². The zero-order valence-electron chi connectivity index (χ0n) is 12.4. The number of amides is 2. The number of esters is 1. The minimum atomic E-state index is -2.34. The number of carbonyl (C=O) groups excluding carboxylic acids is 2. The first-order valence-corrected chi connectivity index (χ1v) is 6.67. The van der Waals surface area contributed by atoms with Crippen LogP contribution in [0.1, 0.15) is 25.5 Å². The topological polar surface area (TPSA) is 67.4 Å². The van der Waals surface area contributed by atoms with Crippen molar-refractivity contribution in [1.29, 1.82) is 0 Å². The zero-order valence-corrected chi connectivity index (χ0v) is 12.4. The highest BCUT2D eigenvalue weighted by Gasteiger charge is 2.39. The van der Waals surface area contributed by atoms with E-state index in [1.807, 2.05) is 5.32 Å². The van der Waals surface area contributed by atoms with Gasteiger partial charge in [-0.05, 0) is 13.8 Å². The van der Waals surface area contributed by atoms with Crippen LogP contribution in [0.5, 0.6) is 0 Å². The second-order valence-corrected chi connectivity index (χ2v) is 4.77. The van der Waals surface area contributed by atoms with E-state index in [2.05, 4.69) is 5.32 Å². The summed E-state index contributed by atoms with van der Waals surface area (Å²) in [4.78, 5) is 23.5. The van der Waals surface area contributed by atoms with Crippen LogP contribution < -0.4 is 10.6 Å². The van der Waals surface area contributed by atoms with Crippen LogP contribution in [0.4, 0.5) is 26.7 Å². The maximum Gasteiger partial charge on any atom is 0.338 e. The Morgan fingerprint density at radius 3 is 2.04 bits per heavy atom. The molecule has 2 N–H and O–H groups in total. The van der Waals surface area contributed by atoms with E-state index >= 15 is 0 Å². The molecule has 1 aliphatic rings. The molecule has 1 aromatic rings. The number of urea groups is 1. The number of rotatable bonds is 3. The molecular weight excluding hydrogens is 339 g/mol. The Bertz CT molecular complexity index is 734. The molecule has 0 radical (unpaired) electrons. The summed E-state index contributed by atoms with van der Waals surface area (Å²) < 4.78 is 72.7. The second kappa shape index (κ2) is 6.46. The summed E-state index contributed by atoms with van der Waals surface area (Å²) in [5.41, 5.74) is -1.95. The SMILES string of the molecule is CCOC(=O)C1=C(C)NC(=O)N[C@H]1c1c(F)c(F)c(F)c(F)c1F. The highest BCUT2D eigenvalue weighted by Crippen LogP contribution is 2.34. The van der Waals surface area contributed by atoms with Crippen LogP contribution in [0, 0.1) is 29.1 Å². The maximum atomic E-state index is 14.0. The first-order valence-electron chi connectivity index (χ1n) is 6.67. The van der Waals surface area contributed by atoms with Crippen LogP contribution in [-0.4, -0.2) is 18.6 Å². The Labute approximate surface area is 132 Å². The van der Waals surface area contributed by atoms with Crippen LogP contribution in [0.15, 0.2) is 11.3 Å². The van der Waals surface area contributed by atoms with Crippen LogP contribution in [0.2, 0.25) is 0 Å². The van der Waals surface area contributed by atoms with E-state index in [-0.39, 0.29) is 12.3 Å². The summed E-state index contributed by atoms with van der Waals surface area (Å²) in [6.07, 6.45) is 0. The maximum absolute atomic E-state index is 14.0. The number of halogens is 5. The molecule has 24 heavy (non-hydrogen) atoms. The Kier molecular flexibility index (Phi) is 4.76. The smallest absolute Gasteiger partial charge is 0.338 e. The van der Waals surface area contributed by atoms with Gasteiger partial charge in [-0.2, -0.15) is 0 Å². The molecule has 10 heteroatoms. The molecule has 0 unspecified atom stereocenters. The molecule has 0 aliphatic carbocycles. The molecule has 0 aromatic heterocycles. The van der Waals surface area contributed by atoms with Gasteiger partial charge in [-0.25, -0.2) is 31.5 Å². The standard InChI is InChI=1S/C14H11F5N2O3/c1-3-24-13(22)5-4(2)20-14(23)21-12(5)6-7(15)9(17)11(19)10(18)8(6)16/h12H,3H2,1-2H3,(H2,20,21,23)/t12-/m1/s1. The normalized spacial score (nSPS) is 17.5. The summed E-state index contributed by atoms with van der Waals surface area (Å²) in [7, 11) is 0. The van der Waals surface area contributed by atoms with Crippen molar-refractivity contribution in [1.82, 2.24) is 10.6 Å². The first-order chi connectivity index (χ1) is 11.2. The van der Waals surface area contributed by atoms with Gasteiger partial charge in [0.1, 0.15) is 0 Å². The van der Waals surface area contributed by atoms with Gasteiger partial charge in [-0.1, -0.05) is 0 Å². The minimum absolute atomic E-state index is 0.104. The van der Waals surface area contributed by atoms with Gasteiger partial charge in [0.15, 0.2) is 23.3 Å². The monoisotopic (exact) mass is 350 g/mol. The van der Waals surface area contributed by atoms with Crippen LogP contribution >= 0.6 is 0 Å². The summed E-state index contributed by atoms with van der Waals surface area (Å²) in [6, 6.07) is -2.88. The predicted molar refractivity (Wildman–Crippen MR) is 70.0 cm³/mol. The molecular formula is C14H11F5N2O3. The highest BCUT2D eigenvalue weighted by atomic mass is 19.2. The zero-order chi connectivity index (χ0) is 18.2. The lowest BCUT2D eigenvalue weighted by Gasteiger charge is -2.28. The third-order valence-corrected chi connectivity index (χ3v) is 3.30. The second-order valence-electron chi connectivity index (χ2n) is 4.77. The van der Waals surface area contributed by atoms with E-state index in [1.54, 1.807) is 0 Å². The molecule has 1 heterocycles. The molecule has 0 bridgehead atoms. The average molecular weight is 350 g/mol. The molecule has 1 aromatic carbocycles. The van der Waals surface area contributed by atoms with Crippen LogP contribution in [-0.2, 0) is 9.53 Å². The van der Waals surface area contributed by atoms with Gasteiger partial charge in [0.2, 0.25) is 5.82 Å². The van der Waals surface area contributed by atoms with E-state index in [0.717, 1.165) is 0 Å². The van der Waals surface area contributed by atoms with E-state index in [9.17, 15) is 31.5 Å². The van der Waals surface area contributed by atoms with Crippen molar-refractivity contribution in [3.8, 4) is 0 Å². The number of hydrogen-bond acceptors (Lipinski definition) is 3. The first kappa shape index (κ1) is 17.7. The lowest BCUT2D eigenvalue weighted by Crippen LogP contribution is -2.46. The number of benzene rings is 1. The number of hydrogen-bond donors (Lipinski definition) is 2. The number of allylic oxidation sites excluding steroid dienone is 1. The number of ether oxygens (including phenoxy) is 1. The molecule has 0 fully saturated rings. The fraction of sp³-hybridized carbons (Fsp3) is 0.286. The summed E-state index contributed by atoms with van der Waals surface area (Å²) in [5, 5.41) is 4.13. The lowest BCUT2D eigenvalue weighted by molar-refractivity contribution is -0.139. The highest BCUT2D eigenvalue weighted by molar-refractivity contribution is 5.95. The molecule has 1 aliphatic heterocycles. The molecule has 1 atom stereocenters. The van der Waals surface area contributed by atoms with E-state index in [0.29, 0.717) is 0 Å². The van der Waals surface area contributed by atoms with Gasteiger partial charge in [0.05, 0.1) is 23.8 Å². The largest absolute Gasteiger partial charge is 0.463 e. The molecule has 2 rings (SSSR count). The quantitative estimate of drug-likeness (QED) is 0.381. The van der Waals surface area contributed by atoms with Gasteiger partial charge in [-0.15, -0.1) is 0 Å². The van der Waals surface area contributed by atoms with Crippen molar-refractivity contribution in [3.63, 3.8) is 0 Å². The van der Waals surface area contributed by atoms with Gasteiger partial charge < -0.3 is 15.4 Å². The Balaban J connectivity index is 2.71. The molecule has 2 amide bonds. The van der Waals surface area contributed by atoms with Crippen molar-refractivity contribution < 1.29 is 36.3 Å². The van der Waals surface area contributed by atoms with Gasteiger partial charge in [0, 0.05) is 5.70 Å². The van der Waals surface area contributed by atoms with Crippen molar-refractivity contribution in [2.75, 3.05) is 6.61 Å². The summed E-state index contributed by atoms with van der Waals surface area (Å²) >= 11 is 0. The fourth-order valence-corrected chi connectivity index (χ4v) is 2.27. The predicted octanol–water partition coefficient (Wildman–Crippen LogP) is 2.57. The molecule has 0 saturated heterocycles. The van der Waals surface area contributed by atoms with Crippen molar-refractivity contribution in [3.05, 3.63) is 45.9 Å². The fourth-order valence-electron chi connectivity index (χ4n) is 2.27. The van der Waals surface area contributed by atoms with E-state index < -0.39 is 58.3 Å². The third-order valence-electron chi connectivity index (χ3n) is 3.30. The Hall–Kier alpha value is -2.65.